The minimum absolute atomic E-state index is 0.412. The van der Waals surface area contributed by atoms with Crippen molar-refractivity contribution in [1.82, 2.24) is 5.32 Å². The van der Waals surface area contributed by atoms with Gasteiger partial charge in [-0.3, -0.25) is 5.32 Å². The van der Waals surface area contributed by atoms with Crippen molar-refractivity contribution in [1.29, 1.82) is 5.26 Å². The second-order valence-electron chi connectivity index (χ2n) is 1.68. The summed E-state index contributed by atoms with van der Waals surface area (Å²) in [5.74, 6) is 2.31. The van der Waals surface area contributed by atoms with Crippen LogP contribution < -0.4 is 5.32 Å². The molecule has 0 aromatic carbocycles. The smallest absolute Gasteiger partial charge is 0.157 e. The maximum Gasteiger partial charge on any atom is 0.157 e. The normalized spacial score (nSPS) is 11.4. The summed E-state index contributed by atoms with van der Waals surface area (Å²) in [6, 6.07) is 1.53. The van der Waals surface area contributed by atoms with Crippen molar-refractivity contribution >= 4 is 0 Å². The van der Waals surface area contributed by atoms with E-state index in [2.05, 4.69) is 11.2 Å². The first kappa shape index (κ1) is 8.01. The van der Waals surface area contributed by atoms with E-state index in [-0.39, 0.29) is 0 Å². The Kier molecular flexibility index (Phi) is 4.59. The van der Waals surface area contributed by atoms with Gasteiger partial charge in [-0.25, -0.2) is 0 Å². The van der Waals surface area contributed by atoms with Crippen molar-refractivity contribution in [2.24, 2.45) is 0 Å². The summed E-state index contributed by atoms with van der Waals surface area (Å²) < 4.78 is 0. The van der Waals surface area contributed by atoms with Gasteiger partial charge in [0.05, 0.1) is 6.07 Å². The van der Waals surface area contributed by atoms with E-state index in [1.165, 1.54) is 0 Å². The van der Waals surface area contributed by atoms with Gasteiger partial charge in [0.15, 0.2) is 6.04 Å². The number of hydrogen-bond acceptors (Lipinski definition) is 2. The van der Waals surface area contributed by atoms with Crippen LogP contribution in [0.3, 0.4) is 0 Å². The van der Waals surface area contributed by atoms with Gasteiger partial charge in [-0.15, -0.1) is 6.42 Å². The SMILES string of the molecule is C#C[C@@H](C#N)NCCC. The maximum absolute atomic E-state index is 8.30. The maximum atomic E-state index is 8.30. The van der Waals surface area contributed by atoms with Crippen molar-refractivity contribution in [2.45, 2.75) is 19.4 Å². The summed E-state index contributed by atoms with van der Waals surface area (Å²) in [6.07, 6.45) is 5.99. The van der Waals surface area contributed by atoms with Crippen LogP contribution in [0, 0.1) is 23.7 Å². The summed E-state index contributed by atoms with van der Waals surface area (Å²) in [4.78, 5) is 0. The Balaban J connectivity index is 3.38. The van der Waals surface area contributed by atoms with Crippen molar-refractivity contribution in [3.63, 3.8) is 0 Å². The van der Waals surface area contributed by atoms with E-state index in [0.717, 1.165) is 13.0 Å². The fraction of sp³-hybridized carbons (Fsp3) is 0.571. The van der Waals surface area contributed by atoms with Crippen LogP contribution in [0.5, 0.6) is 0 Å². The molecule has 0 aliphatic rings. The lowest BCUT2D eigenvalue weighted by Gasteiger charge is -2.00. The lowest BCUT2D eigenvalue weighted by Crippen LogP contribution is -2.26. The van der Waals surface area contributed by atoms with Crippen LogP contribution in [-0.2, 0) is 0 Å². The molecule has 9 heavy (non-hydrogen) atoms. The Morgan fingerprint density at radius 2 is 2.44 bits per heavy atom. The summed E-state index contributed by atoms with van der Waals surface area (Å²) in [7, 11) is 0. The van der Waals surface area contributed by atoms with Crippen LogP contribution in [0.15, 0.2) is 0 Å². The molecule has 0 aliphatic carbocycles. The highest BCUT2D eigenvalue weighted by Gasteiger charge is 1.96. The molecule has 0 unspecified atom stereocenters. The van der Waals surface area contributed by atoms with Gasteiger partial charge in [-0.1, -0.05) is 12.8 Å². The zero-order valence-electron chi connectivity index (χ0n) is 5.52. The first-order valence-corrected chi connectivity index (χ1v) is 2.94. The molecule has 48 valence electrons. The number of terminal acetylenes is 1. The average Bonchev–Trinajstić information content (AvgIpc) is 1.91. The van der Waals surface area contributed by atoms with Gasteiger partial charge >= 0.3 is 0 Å². The van der Waals surface area contributed by atoms with Gasteiger partial charge in [0.1, 0.15) is 0 Å². The van der Waals surface area contributed by atoms with Gasteiger partial charge in [-0.05, 0) is 13.0 Å². The third kappa shape index (κ3) is 3.58. The van der Waals surface area contributed by atoms with Gasteiger partial charge in [0, 0.05) is 0 Å². The van der Waals surface area contributed by atoms with Crippen LogP contribution in [0.1, 0.15) is 13.3 Å². The fourth-order valence-electron chi connectivity index (χ4n) is 0.431. The Hall–Kier alpha value is -0.990. The molecule has 1 N–H and O–H groups in total. The lowest BCUT2D eigenvalue weighted by molar-refractivity contribution is 0.679. The molecule has 0 saturated carbocycles. The summed E-state index contributed by atoms with van der Waals surface area (Å²) in [5, 5.41) is 11.2. The number of hydrogen-bond donors (Lipinski definition) is 1. The van der Waals surface area contributed by atoms with E-state index in [9.17, 15) is 0 Å². The van der Waals surface area contributed by atoms with E-state index in [4.69, 9.17) is 11.7 Å². The van der Waals surface area contributed by atoms with Gasteiger partial charge < -0.3 is 0 Å². The summed E-state index contributed by atoms with van der Waals surface area (Å²) >= 11 is 0. The van der Waals surface area contributed by atoms with Crippen molar-refractivity contribution in [2.75, 3.05) is 6.54 Å². The van der Waals surface area contributed by atoms with Crippen LogP contribution in [-0.4, -0.2) is 12.6 Å². The monoisotopic (exact) mass is 122 g/mol. The molecule has 2 heteroatoms. The molecule has 0 aromatic rings. The zero-order valence-corrected chi connectivity index (χ0v) is 5.52. The molecule has 1 atom stereocenters. The number of nitrogens with zero attached hydrogens (tertiary/aromatic N) is 1. The molecular formula is C7H10N2. The van der Waals surface area contributed by atoms with E-state index in [1.54, 1.807) is 0 Å². The molecule has 0 aliphatic heterocycles. The van der Waals surface area contributed by atoms with E-state index in [1.807, 2.05) is 13.0 Å². The highest BCUT2D eigenvalue weighted by atomic mass is 14.9. The molecular weight excluding hydrogens is 112 g/mol. The molecule has 0 rings (SSSR count). The Morgan fingerprint density at radius 1 is 1.78 bits per heavy atom. The minimum atomic E-state index is -0.412. The molecule has 0 fully saturated rings. The van der Waals surface area contributed by atoms with Gasteiger partial charge in [0.2, 0.25) is 0 Å². The minimum Gasteiger partial charge on any atom is -0.292 e. The number of nitrogens with one attached hydrogen (secondary N) is 1. The molecule has 0 radical (unpaired) electrons. The molecule has 2 nitrogen and oxygen atoms in total. The quantitative estimate of drug-likeness (QED) is 0.554. The second kappa shape index (κ2) is 5.15. The molecule has 0 spiro atoms. The van der Waals surface area contributed by atoms with Crippen molar-refractivity contribution in [3.05, 3.63) is 0 Å². The standard InChI is InChI=1S/C7H10N2/c1-3-5-9-7(4-2)6-8/h2,7,9H,3,5H2,1H3/t7-/m0/s1. The molecule has 0 amide bonds. The molecule has 0 saturated heterocycles. The Bertz CT molecular complexity index is 124. The van der Waals surface area contributed by atoms with Crippen LogP contribution in [0.2, 0.25) is 0 Å². The third-order valence-electron chi connectivity index (χ3n) is 0.894. The van der Waals surface area contributed by atoms with Crippen molar-refractivity contribution in [3.8, 4) is 18.4 Å². The summed E-state index contributed by atoms with van der Waals surface area (Å²) in [5.41, 5.74) is 0. The molecule has 0 bridgehead atoms. The average molecular weight is 122 g/mol. The van der Waals surface area contributed by atoms with E-state index < -0.39 is 6.04 Å². The Morgan fingerprint density at radius 3 is 2.78 bits per heavy atom. The number of rotatable bonds is 3. The van der Waals surface area contributed by atoms with Crippen molar-refractivity contribution < 1.29 is 0 Å². The predicted molar refractivity (Wildman–Crippen MR) is 36.5 cm³/mol. The van der Waals surface area contributed by atoms with Crippen LogP contribution >= 0.6 is 0 Å². The summed E-state index contributed by atoms with van der Waals surface area (Å²) in [6.45, 7) is 2.83. The highest BCUT2D eigenvalue weighted by Crippen LogP contribution is 1.77. The molecule has 0 heterocycles. The lowest BCUT2D eigenvalue weighted by atomic mass is 10.3. The van der Waals surface area contributed by atoms with Crippen LogP contribution in [0.25, 0.3) is 0 Å². The van der Waals surface area contributed by atoms with E-state index >= 15 is 0 Å². The third-order valence-corrected chi connectivity index (χ3v) is 0.894. The highest BCUT2D eigenvalue weighted by molar-refractivity contribution is 5.11. The number of nitriles is 1. The van der Waals surface area contributed by atoms with E-state index in [0.29, 0.717) is 0 Å². The fourth-order valence-corrected chi connectivity index (χ4v) is 0.431. The largest absolute Gasteiger partial charge is 0.292 e. The zero-order chi connectivity index (χ0) is 7.11. The topological polar surface area (TPSA) is 35.8 Å². The molecule has 0 aromatic heterocycles. The first-order chi connectivity index (χ1) is 4.35. The second-order valence-corrected chi connectivity index (χ2v) is 1.68. The predicted octanol–water partition coefficient (Wildman–Crippen LogP) is 0.511. The van der Waals surface area contributed by atoms with Crippen LogP contribution in [0.4, 0.5) is 0 Å². The Labute approximate surface area is 55.9 Å². The van der Waals surface area contributed by atoms with Gasteiger partial charge in [0.25, 0.3) is 0 Å². The first-order valence-electron chi connectivity index (χ1n) is 2.94. The van der Waals surface area contributed by atoms with Gasteiger partial charge in [-0.2, -0.15) is 5.26 Å².